The fourth-order valence-corrected chi connectivity index (χ4v) is 6.29. The van der Waals surface area contributed by atoms with Crippen LogP contribution >= 0.6 is 11.6 Å². The van der Waals surface area contributed by atoms with Crippen LogP contribution in [0.4, 0.5) is 5.82 Å². The zero-order valence-corrected chi connectivity index (χ0v) is 19.2. The zero-order valence-electron chi connectivity index (χ0n) is 18.5. The maximum atomic E-state index is 13.1. The summed E-state index contributed by atoms with van der Waals surface area (Å²) in [7, 11) is 0. The molecule has 1 fully saturated rings. The Hall–Kier alpha value is -2.92. The van der Waals surface area contributed by atoms with Gasteiger partial charge in [0.1, 0.15) is 0 Å². The molecular weight excluding hydrogens is 432 g/mol. The average molecular weight is 459 g/mol. The molecular formula is C27H27ClN4O. The Kier molecular flexibility index (Phi) is 5.30. The summed E-state index contributed by atoms with van der Waals surface area (Å²) in [6.07, 6.45) is 2.77. The number of hydrogen-bond acceptors (Lipinski definition) is 4. The van der Waals surface area contributed by atoms with Crippen molar-refractivity contribution in [2.24, 2.45) is 11.8 Å². The van der Waals surface area contributed by atoms with Gasteiger partial charge in [0.05, 0.1) is 0 Å². The van der Waals surface area contributed by atoms with Crippen molar-refractivity contribution in [2.45, 2.75) is 31.1 Å². The maximum Gasteiger partial charge on any atom is 0.223 e. The molecule has 7 rings (SSSR count). The summed E-state index contributed by atoms with van der Waals surface area (Å²) in [5.41, 5.74) is 5.84. The molecule has 1 saturated heterocycles. The van der Waals surface area contributed by atoms with Crippen LogP contribution < -0.4 is 10.2 Å². The minimum absolute atomic E-state index is 0.0573. The van der Waals surface area contributed by atoms with Gasteiger partial charge in [0.15, 0.2) is 11.0 Å². The number of carbonyl (C=O) groups excluding carboxylic acids is 1. The first-order valence-corrected chi connectivity index (χ1v) is 12.3. The van der Waals surface area contributed by atoms with Crippen LogP contribution in [0, 0.1) is 11.8 Å². The smallest absolute Gasteiger partial charge is 0.223 e. The van der Waals surface area contributed by atoms with Gasteiger partial charge < -0.3 is 10.2 Å². The number of hydrogen-bond donors (Lipinski definition) is 1. The molecule has 1 unspecified atom stereocenters. The lowest BCUT2D eigenvalue weighted by Gasteiger charge is -2.45. The molecule has 5 nitrogen and oxygen atoms in total. The minimum atomic E-state index is 0.0573. The van der Waals surface area contributed by atoms with Crippen molar-refractivity contribution >= 4 is 23.3 Å². The number of nitrogens with zero attached hydrogens (tertiary/aromatic N) is 3. The first kappa shape index (κ1) is 20.7. The molecule has 2 aromatic carbocycles. The molecule has 1 aliphatic heterocycles. The van der Waals surface area contributed by atoms with Gasteiger partial charge in [-0.05, 0) is 59.6 Å². The summed E-state index contributed by atoms with van der Waals surface area (Å²) in [6, 6.07) is 21.4. The maximum absolute atomic E-state index is 13.1. The summed E-state index contributed by atoms with van der Waals surface area (Å²) < 4.78 is 0. The number of carbonyl (C=O) groups is 1. The number of piperidine rings is 1. The zero-order chi connectivity index (χ0) is 22.4. The topological polar surface area (TPSA) is 58.1 Å². The summed E-state index contributed by atoms with van der Waals surface area (Å²) in [4.78, 5) is 15.2. The molecule has 0 spiro atoms. The Morgan fingerprint density at radius 1 is 0.909 bits per heavy atom. The highest BCUT2D eigenvalue weighted by molar-refractivity contribution is 6.29. The second-order valence-electron chi connectivity index (χ2n) is 9.50. The van der Waals surface area contributed by atoms with E-state index in [-0.39, 0.29) is 11.8 Å². The van der Waals surface area contributed by atoms with E-state index in [1.165, 1.54) is 22.3 Å². The first-order chi connectivity index (χ1) is 16.2. The second kappa shape index (κ2) is 8.45. The predicted octanol–water partition coefficient (Wildman–Crippen LogP) is 4.76. The van der Waals surface area contributed by atoms with Gasteiger partial charge in [-0.25, -0.2) is 0 Å². The lowest BCUT2D eigenvalue weighted by molar-refractivity contribution is -0.125. The van der Waals surface area contributed by atoms with Crippen LogP contribution in [0.2, 0.25) is 5.15 Å². The number of benzene rings is 2. The molecule has 1 atom stereocenters. The lowest BCUT2D eigenvalue weighted by Crippen LogP contribution is -2.44. The van der Waals surface area contributed by atoms with Crippen molar-refractivity contribution in [3.05, 3.63) is 88.1 Å². The summed E-state index contributed by atoms with van der Waals surface area (Å²) in [5.74, 6) is 2.32. The molecule has 0 saturated carbocycles. The third-order valence-corrected chi connectivity index (χ3v) is 7.97. The third-order valence-electron chi connectivity index (χ3n) is 7.77. The van der Waals surface area contributed by atoms with Crippen molar-refractivity contribution in [3.8, 4) is 0 Å². The molecule has 6 heteroatoms. The number of rotatable bonds is 4. The molecule has 1 aromatic heterocycles. The number of nitrogens with one attached hydrogen (secondary N) is 1. The molecule has 3 aromatic rings. The van der Waals surface area contributed by atoms with E-state index in [4.69, 9.17) is 11.6 Å². The average Bonchev–Trinajstić information content (AvgIpc) is 2.88. The number of fused-ring (bicyclic) bond motifs is 1. The second-order valence-corrected chi connectivity index (χ2v) is 9.89. The summed E-state index contributed by atoms with van der Waals surface area (Å²) in [5, 5.41) is 11.8. The molecule has 4 aliphatic rings. The Bertz CT molecular complexity index is 1130. The number of aromatic nitrogens is 2. The lowest BCUT2D eigenvalue weighted by atomic mass is 9.59. The number of amides is 1. The number of halogens is 1. The monoisotopic (exact) mass is 458 g/mol. The Morgan fingerprint density at radius 3 is 2.15 bits per heavy atom. The van der Waals surface area contributed by atoms with Crippen molar-refractivity contribution < 1.29 is 4.79 Å². The van der Waals surface area contributed by atoms with E-state index < -0.39 is 0 Å². The van der Waals surface area contributed by atoms with Gasteiger partial charge >= 0.3 is 0 Å². The number of anilines is 1. The van der Waals surface area contributed by atoms with Gasteiger partial charge in [0, 0.05) is 37.4 Å². The van der Waals surface area contributed by atoms with Gasteiger partial charge in [0.25, 0.3) is 0 Å². The quantitative estimate of drug-likeness (QED) is 0.612. The minimum Gasteiger partial charge on any atom is -0.356 e. The van der Waals surface area contributed by atoms with E-state index >= 15 is 0 Å². The summed E-state index contributed by atoms with van der Waals surface area (Å²) in [6.45, 7) is 2.36. The van der Waals surface area contributed by atoms with Crippen LogP contribution in [0.25, 0.3) is 0 Å². The SMILES string of the molecule is O=C(NCC1CC2c3ccccc3C1c1ccccc12)C1CCN(c2ccc(Cl)nn2)CC1. The first-order valence-electron chi connectivity index (χ1n) is 11.9. The molecule has 3 aliphatic carbocycles. The van der Waals surface area contributed by atoms with Crippen LogP contribution in [0.5, 0.6) is 0 Å². The van der Waals surface area contributed by atoms with Crippen LogP contribution in [0.1, 0.15) is 53.4 Å². The van der Waals surface area contributed by atoms with E-state index in [0.717, 1.165) is 44.7 Å². The third kappa shape index (κ3) is 3.68. The fraction of sp³-hybridized carbons (Fsp3) is 0.370. The highest BCUT2D eigenvalue weighted by Gasteiger charge is 2.43. The van der Waals surface area contributed by atoms with Crippen LogP contribution in [0.3, 0.4) is 0 Å². The van der Waals surface area contributed by atoms with Crippen molar-refractivity contribution in [3.63, 3.8) is 0 Å². The van der Waals surface area contributed by atoms with Crippen LogP contribution in [0.15, 0.2) is 60.7 Å². The standard InChI is InChI=1S/C27H27ClN4O/c28-24-9-10-25(31-30-24)32-13-11-17(12-14-32)27(33)29-16-18-15-23-19-5-1-3-7-21(19)26(18)22-8-4-2-6-20(22)23/h1-10,17-18,23,26H,11-16H2,(H,29,33). The van der Waals surface area contributed by atoms with Crippen molar-refractivity contribution in [1.82, 2.24) is 15.5 Å². The van der Waals surface area contributed by atoms with E-state index in [9.17, 15) is 4.79 Å². The Balaban J connectivity index is 1.11. The van der Waals surface area contributed by atoms with Gasteiger partial charge in [-0.3, -0.25) is 4.79 Å². The highest BCUT2D eigenvalue weighted by Crippen LogP contribution is 2.55. The van der Waals surface area contributed by atoms with E-state index in [0.29, 0.717) is 22.9 Å². The Morgan fingerprint density at radius 2 is 1.55 bits per heavy atom. The molecule has 0 radical (unpaired) electrons. The molecule has 2 bridgehead atoms. The molecule has 33 heavy (non-hydrogen) atoms. The molecule has 1 N–H and O–H groups in total. The Labute approximate surface area is 199 Å². The van der Waals surface area contributed by atoms with Crippen LogP contribution in [-0.4, -0.2) is 35.7 Å². The summed E-state index contributed by atoms with van der Waals surface area (Å²) >= 11 is 5.85. The van der Waals surface area contributed by atoms with Gasteiger partial charge in [0.2, 0.25) is 5.91 Å². The fourth-order valence-electron chi connectivity index (χ4n) is 6.18. The molecule has 2 heterocycles. The van der Waals surface area contributed by atoms with Crippen molar-refractivity contribution in [2.75, 3.05) is 24.5 Å². The highest BCUT2D eigenvalue weighted by atomic mass is 35.5. The van der Waals surface area contributed by atoms with E-state index in [1.807, 2.05) is 6.07 Å². The van der Waals surface area contributed by atoms with Gasteiger partial charge in [-0.2, -0.15) is 0 Å². The van der Waals surface area contributed by atoms with Crippen molar-refractivity contribution in [1.29, 1.82) is 0 Å². The van der Waals surface area contributed by atoms with E-state index in [1.54, 1.807) is 6.07 Å². The predicted molar refractivity (Wildman–Crippen MR) is 130 cm³/mol. The largest absolute Gasteiger partial charge is 0.356 e. The normalized spacial score (nSPS) is 23.7. The van der Waals surface area contributed by atoms with Crippen LogP contribution in [-0.2, 0) is 4.79 Å². The molecule has 1 amide bonds. The van der Waals surface area contributed by atoms with E-state index in [2.05, 4.69) is 68.9 Å². The molecule has 168 valence electrons. The van der Waals surface area contributed by atoms with Gasteiger partial charge in [-0.1, -0.05) is 60.1 Å². The van der Waals surface area contributed by atoms with Gasteiger partial charge in [-0.15, -0.1) is 10.2 Å².